The first-order valence-corrected chi connectivity index (χ1v) is 8.76. The quantitative estimate of drug-likeness (QED) is 0.838. The molecule has 0 bridgehead atoms. The van der Waals surface area contributed by atoms with Gasteiger partial charge in [0.05, 0.1) is 12.2 Å². The molecule has 4 heterocycles. The number of rotatable bonds is 2. The number of hydrogen-bond donors (Lipinski definition) is 2. The molecule has 2 aromatic rings. The summed E-state index contributed by atoms with van der Waals surface area (Å²) in [7, 11) is 0. The second-order valence-corrected chi connectivity index (χ2v) is 7.46. The third-order valence-corrected chi connectivity index (χ3v) is 5.28. The van der Waals surface area contributed by atoms with Crippen molar-refractivity contribution in [3.05, 3.63) is 34.2 Å². The summed E-state index contributed by atoms with van der Waals surface area (Å²) in [6, 6.07) is 2.07. The van der Waals surface area contributed by atoms with Gasteiger partial charge in [0.25, 0.3) is 0 Å². The van der Waals surface area contributed by atoms with Crippen molar-refractivity contribution in [3.8, 4) is 0 Å². The van der Waals surface area contributed by atoms with Crippen LogP contribution in [0.5, 0.6) is 0 Å². The highest BCUT2D eigenvalue weighted by Crippen LogP contribution is 2.26. The Balaban J connectivity index is 1.41. The van der Waals surface area contributed by atoms with E-state index in [9.17, 15) is 4.79 Å². The Hall–Kier alpha value is -1.60. The molecule has 2 aliphatic heterocycles. The second kappa shape index (κ2) is 5.79. The Morgan fingerprint density at radius 3 is 2.87 bits per heavy atom. The Morgan fingerprint density at radius 2 is 2.13 bits per heavy atom. The van der Waals surface area contributed by atoms with E-state index >= 15 is 0 Å². The number of fused-ring (bicyclic) bond motifs is 2. The van der Waals surface area contributed by atoms with E-state index in [1.54, 1.807) is 0 Å². The van der Waals surface area contributed by atoms with E-state index in [0.29, 0.717) is 18.4 Å². The summed E-state index contributed by atoms with van der Waals surface area (Å²) in [5.41, 5.74) is 2.91. The van der Waals surface area contributed by atoms with Crippen molar-refractivity contribution >= 4 is 27.6 Å². The molecule has 6 nitrogen and oxygen atoms in total. The molecule has 2 N–H and O–H groups in total. The van der Waals surface area contributed by atoms with Gasteiger partial charge in [-0.25, -0.2) is 9.78 Å². The average Bonchev–Trinajstić information content (AvgIpc) is 3.17. The van der Waals surface area contributed by atoms with E-state index in [4.69, 9.17) is 0 Å². The molecular weight excluding hydrogens is 358 g/mol. The predicted molar refractivity (Wildman–Crippen MR) is 91.3 cm³/mol. The van der Waals surface area contributed by atoms with Gasteiger partial charge in [0.15, 0.2) is 0 Å². The number of urea groups is 1. The van der Waals surface area contributed by atoms with Crippen LogP contribution >= 0.6 is 15.9 Å². The maximum Gasteiger partial charge on any atom is 0.317 e. The van der Waals surface area contributed by atoms with Crippen LogP contribution < -0.4 is 10.6 Å². The molecule has 7 heteroatoms. The zero-order valence-corrected chi connectivity index (χ0v) is 14.6. The zero-order valence-electron chi connectivity index (χ0n) is 13.1. The number of amides is 2. The van der Waals surface area contributed by atoms with E-state index in [2.05, 4.69) is 31.5 Å². The average molecular weight is 378 g/mol. The number of imidazole rings is 1. The topological polar surface area (TPSA) is 61.7 Å². The normalized spacial score (nSPS) is 23.5. The molecule has 0 spiro atoms. The highest BCUT2D eigenvalue weighted by atomic mass is 79.9. The number of halogens is 1. The van der Waals surface area contributed by atoms with E-state index in [-0.39, 0.29) is 6.03 Å². The van der Waals surface area contributed by atoms with Crippen LogP contribution in [0, 0.1) is 18.8 Å². The highest BCUT2D eigenvalue weighted by molar-refractivity contribution is 9.10. The van der Waals surface area contributed by atoms with Crippen LogP contribution in [-0.4, -0.2) is 46.5 Å². The molecule has 122 valence electrons. The van der Waals surface area contributed by atoms with Crippen LogP contribution in [0.15, 0.2) is 22.9 Å². The number of aromatic nitrogens is 2. The van der Waals surface area contributed by atoms with Crippen LogP contribution in [-0.2, 0) is 6.54 Å². The van der Waals surface area contributed by atoms with Gasteiger partial charge in [0.2, 0.25) is 0 Å². The van der Waals surface area contributed by atoms with Crippen LogP contribution in [0.1, 0.15) is 11.3 Å². The van der Waals surface area contributed by atoms with Gasteiger partial charge in [0.1, 0.15) is 5.65 Å². The van der Waals surface area contributed by atoms with E-state index in [1.807, 2.05) is 34.7 Å². The van der Waals surface area contributed by atoms with Crippen molar-refractivity contribution in [2.75, 3.05) is 26.2 Å². The van der Waals surface area contributed by atoms with Gasteiger partial charge < -0.3 is 19.9 Å². The molecule has 2 saturated heterocycles. The maximum absolute atomic E-state index is 12.3. The standard InChI is InChI=1S/C16H20BrN5O/c1-10-2-13(17)8-21-9-14(20-15(10)21)5-19-16(23)22-6-11-3-18-4-12(11)7-22/h2,8-9,11-12,18H,3-7H2,1H3,(H,19,23)/t11-,12+. The van der Waals surface area contributed by atoms with Gasteiger partial charge in [-0.3, -0.25) is 0 Å². The van der Waals surface area contributed by atoms with Gasteiger partial charge in [0, 0.05) is 43.0 Å². The van der Waals surface area contributed by atoms with Crippen molar-refractivity contribution in [3.63, 3.8) is 0 Å². The molecule has 0 aromatic carbocycles. The van der Waals surface area contributed by atoms with Crippen LogP contribution in [0.2, 0.25) is 0 Å². The monoisotopic (exact) mass is 377 g/mol. The lowest BCUT2D eigenvalue weighted by atomic mass is 10.0. The Morgan fingerprint density at radius 1 is 1.39 bits per heavy atom. The number of hydrogen-bond acceptors (Lipinski definition) is 3. The molecule has 23 heavy (non-hydrogen) atoms. The lowest BCUT2D eigenvalue weighted by molar-refractivity contribution is 0.205. The fourth-order valence-corrected chi connectivity index (χ4v) is 4.22. The number of aryl methyl sites for hydroxylation is 1. The molecule has 2 aromatic heterocycles. The number of nitrogens with one attached hydrogen (secondary N) is 2. The smallest absolute Gasteiger partial charge is 0.317 e. The molecule has 4 rings (SSSR count). The van der Waals surface area contributed by atoms with Crippen molar-refractivity contribution in [1.82, 2.24) is 24.9 Å². The minimum absolute atomic E-state index is 0.0226. The Bertz CT molecular complexity index is 746. The fraction of sp³-hybridized carbons (Fsp3) is 0.500. The summed E-state index contributed by atoms with van der Waals surface area (Å²) >= 11 is 3.49. The molecule has 0 unspecified atom stereocenters. The number of carbonyl (C=O) groups is 1. The third-order valence-electron chi connectivity index (χ3n) is 4.85. The number of carbonyl (C=O) groups excluding carboxylic acids is 1. The van der Waals surface area contributed by atoms with Crippen LogP contribution in [0.3, 0.4) is 0 Å². The van der Waals surface area contributed by atoms with Gasteiger partial charge in [-0.2, -0.15) is 0 Å². The predicted octanol–water partition coefficient (Wildman–Crippen LogP) is 1.77. The fourth-order valence-electron chi connectivity index (χ4n) is 3.66. The van der Waals surface area contributed by atoms with E-state index < -0.39 is 0 Å². The lowest BCUT2D eigenvalue weighted by Gasteiger charge is -2.17. The SMILES string of the molecule is Cc1cc(Br)cn2cc(CNC(=O)N3C[C@H]4CNC[C@H]4C3)nc12. The Kier molecular flexibility index (Phi) is 3.77. The Labute approximate surface area is 143 Å². The molecule has 0 radical (unpaired) electrons. The first-order chi connectivity index (χ1) is 11.1. The minimum Gasteiger partial charge on any atom is -0.332 e. The van der Waals surface area contributed by atoms with Gasteiger partial charge in [-0.15, -0.1) is 0 Å². The first-order valence-electron chi connectivity index (χ1n) is 7.97. The molecular formula is C16H20BrN5O. The zero-order chi connectivity index (χ0) is 16.0. The van der Waals surface area contributed by atoms with Gasteiger partial charge in [-0.1, -0.05) is 0 Å². The number of pyridine rings is 1. The van der Waals surface area contributed by atoms with Crippen molar-refractivity contribution in [2.45, 2.75) is 13.5 Å². The number of likely N-dealkylation sites (tertiary alicyclic amines) is 1. The van der Waals surface area contributed by atoms with E-state index in [0.717, 1.165) is 47.6 Å². The summed E-state index contributed by atoms with van der Waals surface area (Å²) in [6.07, 6.45) is 3.95. The van der Waals surface area contributed by atoms with Crippen LogP contribution in [0.4, 0.5) is 4.79 Å². The van der Waals surface area contributed by atoms with Crippen molar-refractivity contribution < 1.29 is 4.79 Å². The molecule has 2 amide bonds. The van der Waals surface area contributed by atoms with Crippen LogP contribution in [0.25, 0.3) is 5.65 Å². The minimum atomic E-state index is 0.0226. The van der Waals surface area contributed by atoms with Crippen molar-refractivity contribution in [2.24, 2.45) is 11.8 Å². The molecule has 2 aliphatic rings. The summed E-state index contributed by atoms with van der Waals surface area (Å²) < 4.78 is 3.01. The lowest BCUT2D eigenvalue weighted by Crippen LogP contribution is -2.39. The summed E-state index contributed by atoms with van der Waals surface area (Å²) in [5, 5.41) is 6.40. The largest absolute Gasteiger partial charge is 0.332 e. The molecule has 2 atom stereocenters. The molecule has 0 saturated carbocycles. The molecule has 0 aliphatic carbocycles. The van der Waals surface area contributed by atoms with Crippen molar-refractivity contribution in [1.29, 1.82) is 0 Å². The number of nitrogens with zero attached hydrogens (tertiary/aromatic N) is 3. The maximum atomic E-state index is 12.3. The van der Waals surface area contributed by atoms with Gasteiger partial charge >= 0.3 is 6.03 Å². The summed E-state index contributed by atoms with van der Waals surface area (Å²) in [6.45, 7) is 6.29. The second-order valence-electron chi connectivity index (χ2n) is 6.55. The first kappa shape index (κ1) is 15.0. The third kappa shape index (κ3) is 2.83. The van der Waals surface area contributed by atoms with Gasteiger partial charge in [-0.05, 0) is 46.3 Å². The highest BCUT2D eigenvalue weighted by Gasteiger charge is 2.37. The van der Waals surface area contributed by atoms with E-state index in [1.165, 1.54) is 0 Å². The summed E-state index contributed by atoms with van der Waals surface area (Å²) in [5.74, 6) is 1.24. The molecule has 2 fully saturated rings. The summed E-state index contributed by atoms with van der Waals surface area (Å²) in [4.78, 5) is 18.9.